The highest BCUT2D eigenvalue weighted by Crippen LogP contribution is 2.29. The van der Waals surface area contributed by atoms with Gasteiger partial charge in [0.05, 0.1) is 37.1 Å². The molecule has 0 bridgehead atoms. The number of ether oxygens (including phenoxy) is 2. The monoisotopic (exact) mass is 459 g/mol. The summed E-state index contributed by atoms with van der Waals surface area (Å²) in [6.45, 7) is 3.69. The van der Waals surface area contributed by atoms with E-state index in [1.807, 2.05) is 64.4 Å². The second kappa shape index (κ2) is 9.81. The lowest BCUT2D eigenvalue weighted by Crippen LogP contribution is -2.47. The number of likely N-dealkylation sites (tertiary alicyclic amines) is 1. The molecule has 1 aromatic heterocycles. The van der Waals surface area contributed by atoms with E-state index in [1.165, 1.54) is 0 Å². The van der Waals surface area contributed by atoms with E-state index in [0.717, 1.165) is 27.9 Å². The number of fused-ring (bicyclic) bond motifs is 1. The van der Waals surface area contributed by atoms with Crippen molar-refractivity contribution in [1.82, 2.24) is 14.8 Å². The number of pyridine rings is 1. The van der Waals surface area contributed by atoms with E-state index in [9.17, 15) is 9.59 Å². The van der Waals surface area contributed by atoms with Crippen molar-refractivity contribution in [2.45, 2.75) is 12.8 Å². The number of nitrogens with zero attached hydrogens (tertiary/aromatic N) is 3. The average Bonchev–Trinajstić information content (AvgIpc) is 2.92. The molecule has 0 atom stereocenters. The first-order valence-electron chi connectivity index (χ1n) is 11.8. The topological polar surface area (TPSA) is 72.0 Å². The van der Waals surface area contributed by atoms with Crippen LogP contribution in [-0.2, 0) is 9.53 Å². The quantitative estimate of drug-likeness (QED) is 0.596. The molecule has 2 aliphatic heterocycles. The minimum Gasteiger partial charge on any atom is -0.497 e. The van der Waals surface area contributed by atoms with Crippen LogP contribution < -0.4 is 4.74 Å². The first-order chi connectivity index (χ1) is 16.6. The van der Waals surface area contributed by atoms with Gasteiger partial charge in [-0.15, -0.1) is 0 Å². The van der Waals surface area contributed by atoms with Crippen molar-refractivity contribution < 1.29 is 19.1 Å². The SMILES string of the molecule is COc1ccc(-c2cc(C(=O)N3CCC(C(=O)N4CCOCC4)CC3)c3ccccc3n2)cc1. The molecule has 0 N–H and O–H groups in total. The van der Waals surface area contributed by atoms with Crippen LogP contribution in [0, 0.1) is 5.92 Å². The fourth-order valence-corrected chi connectivity index (χ4v) is 4.80. The average molecular weight is 460 g/mol. The summed E-state index contributed by atoms with van der Waals surface area (Å²) < 4.78 is 10.6. The third kappa shape index (κ3) is 4.48. The van der Waals surface area contributed by atoms with Gasteiger partial charge in [-0.3, -0.25) is 9.59 Å². The molecule has 7 nitrogen and oxygen atoms in total. The molecule has 176 valence electrons. The van der Waals surface area contributed by atoms with Crippen molar-refractivity contribution in [3.8, 4) is 17.0 Å². The number of aromatic nitrogens is 1. The molecule has 5 rings (SSSR count). The van der Waals surface area contributed by atoms with Crippen LogP contribution in [0.25, 0.3) is 22.2 Å². The van der Waals surface area contributed by atoms with Gasteiger partial charge in [0.1, 0.15) is 5.75 Å². The van der Waals surface area contributed by atoms with Gasteiger partial charge >= 0.3 is 0 Å². The fraction of sp³-hybridized carbons (Fsp3) is 0.370. The molecule has 3 aromatic rings. The summed E-state index contributed by atoms with van der Waals surface area (Å²) in [6.07, 6.45) is 1.38. The maximum atomic E-state index is 13.6. The van der Waals surface area contributed by atoms with Gasteiger partial charge in [-0.05, 0) is 49.2 Å². The minimum absolute atomic E-state index is 0.00867. The lowest BCUT2D eigenvalue weighted by Gasteiger charge is -2.35. The van der Waals surface area contributed by atoms with E-state index in [0.29, 0.717) is 57.8 Å². The molecule has 0 saturated carbocycles. The van der Waals surface area contributed by atoms with Crippen LogP contribution in [0.4, 0.5) is 0 Å². The van der Waals surface area contributed by atoms with Gasteiger partial charge in [0.2, 0.25) is 5.91 Å². The van der Waals surface area contributed by atoms with Crippen molar-refractivity contribution in [3.05, 3.63) is 60.2 Å². The Kier molecular flexibility index (Phi) is 6.45. The Labute approximate surface area is 199 Å². The standard InChI is InChI=1S/C27H29N3O4/c1-33-21-8-6-19(7-9-21)25-18-23(22-4-2-3-5-24(22)28-25)27(32)29-12-10-20(11-13-29)26(31)30-14-16-34-17-15-30/h2-9,18,20H,10-17H2,1H3. The van der Waals surface area contributed by atoms with Crippen molar-refractivity contribution in [3.63, 3.8) is 0 Å². The molecule has 2 aromatic carbocycles. The van der Waals surface area contributed by atoms with E-state index < -0.39 is 0 Å². The molecule has 34 heavy (non-hydrogen) atoms. The zero-order chi connectivity index (χ0) is 23.5. The van der Waals surface area contributed by atoms with Gasteiger partial charge in [0, 0.05) is 43.0 Å². The Bertz CT molecular complexity index is 1180. The summed E-state index contributed by atoms with van der Waals surface area (Å²) in [5.74, 6) is 0.943. The number of hydrogen-bond donors (Lipinski definition) is 0. The molecule has 2 aliphatic rings. The zero-order valence-electron chi connectivity index (χ0n) is 19.4. The molecule has 3 heterocycles. The van der Waals surface area contributed by atoms with E-state index in [-0.39, 0.29) is 17.7 Å². The van der Waals surface area contributed by atoms with Gasteiger partial charge < -0.3 is 19.3 Å². The number of rotatable bonds is 4. The number of hydrogen-bond acceptors (Lipinski definition) is 5. The maximum Gasteiger partial charge on any atom is 0.254 e. The van der Waals surface area contributed by atoms with Gasteiger partial charge in [0.15, 0.2) is 0 Å². The summed E-state index contributed by atoms with van der Waals surface area (Å²) in [7, 11) is 1.64. The highest BCUT2D eigenvalue weighted by molar-refractivity contribution is 6.07. The molecule has 2 amide bonds. The number of benzene rings is 2. The normalized spacial score (nSPS) is 17.1. The Morgan fingerprint density at radius 3 is 2.35 bits per heavy atom. The number of morpholine rings is 1. The van der Waals surface area contributed by atoms with E-state index in [4.69, 9.17) is 14.5 Å². The Morgan fingerprint density at radius 1 is 0.941 bits per heavy atom. The molecule has 0 aliphatic carbocycles. The molecule has 7 heteroatoms. The minimum atomic E-state index is -0.0220. The Hall–Kier alpha value is -3.45. The van der Waals surface area contributed by atoms with Crippen LogP contribution in [0.15, 0.2) is 54.6 Å². The molecular weight excluding hydrogens is 430 g/mol. The largest absolute Gasteiger partial charge is 0.497 e. The van der Waals surface area contributed by atoms with E-state index in [1.54, 1.807) is 7.11 Å². The van der Waals surface area contributed by atoms with Crippen LogP contribution in [0.2, 0.25) is 0 Å². The summed E-state index contributed by atoms with van der Waals surface area (Å²) in [5, 5.41) is 0.844. The first-order valence-corrected chi connectivity index (χ1v) is 11.8. The number of carbonyl (C=O) groups excluding carboxylic acids is 2. The first kappa shape index (κ1) is 22.3. The van der Waals surface area contributed by atoms with Crippen LogP contribution in [0.5, 0.6) is 5.75 Å². The van der Waals surface area contributed by atoms with Gasteiger partial charge in [0.25, 0.3) is 5.91 Å². The molecule has 0 radical (unpaired) electrons. The van der Waals surface area contributed by atoms with Crippen molar-refractivity contribution in [2.75, 3.05) is 46.5 Å². The van der Waals surface area contributed by atoms with E-state index in [2.05, 4.69) is 0 Å². The summed E-state index contributed by atoms with van der Waals surface area (Å²) in [6, 6.07) is 17.3. The predicted octanol–water partition coefficient (Wildman–Crippen LogP) is 3.62. The summed E-state index contributed by atoms with van der Waals surface area (Å²) in [4.78, 5) is 35.1. The zero-order valence-corrected chi connectivity index (χ0v) is 19.4. The lowest BCUT2D eigenvalue weighted by molar-refractivity contribution is -0.141. The Morgan fingerprint density at radius 2 is 1.65 bits per heavy atom. The molecule has 0 spiro atoms. The molecule has 0 unspecified atom stereocenters. The van der Waals surface area contributed by atoms with Crippen LogP contribution in [0.1, 0.15) is 23.2 Å². The molecule has 2 fully saturated rings. The van der Waals surface area contributed by atoms with Gasteiger partial charge in [-0.1, -0.05) is 18.2 Å². The smallest absolute Gasteiger partial charge is 0.254 e. The van der Waals surface area contributed by atoms with Crippen molar-refractivity contribution in [1.29, 1.82) is 0 Å². The van der Waals surface area contributed by atoms with Crippen molar-refractivity contribution >= 4 is 22.7 Å². The van der Waals surface area contributed by atoms with E-state index >= 15 is 0 Å². The number of piperidine rings is 1. The Balaban J connectivity index is 1.37. The molecule has 2 saturated heterocycles. The highest BCUT2D eigenvalue weighted by Gasteiger charge is 2.31. The van der Waals surface area contributed by atoms with Gasteiger partial charge in [-0.2, -0.15) is 0 Å². The second-order valence-electron chi connectivity index (χ2n) is 8.80. The maximum absolute atomic E-state index is 13.6. The molecular formula is C27H29N3O4. The van der Waals surface area contributed by atoms with Crippen LogP contribution >= 0.6 is 0 Å². The lowest BCUT2D eigenvalue weighted by atomic mass is 9.94. The summed E-state index contributed by atoms with van der Waals surface area (Å²) in [5.41, 5.74) is 3.11. The third-order valence-corrected chi connectivity index (χ3v) is 6.79. The third-order valence-electron chi connectivity index (χ3n) is 6.79. The van der Waals surface area contributed by atoms with Crippen molar-refractivity contribution in [2.24, 2.45) is 5.92 Å². The second-order valence-corrected chi connectivity index (χ2v) is 8.80. The number of methoxy groups -OCH3 is 1. The number of amides is 2. The predicted molar refractivity (Wildman–Crippen MR) is 130 cm³/mol. The number of para-hydroxylation sites is 1. The van der Waals surface area contributed by atoms with Crippen LogP contribution in [-0.4, -0.2) is 73.1 Å². The number of carbonyl (C=O) groups is 2. The fourth-order valence-electron chi connectivity index (χ4n) is 4.80. The van der Waals surface area contributed by atoms with Gasteiger partial charge in [-0.25, -0.2) is 4.98 Å². The van der Waals surface area contributed by atoms with Crippen LogP contribution in [0.3, 0.4) is 0 Å². The highest BCUT2D eigenvalue weighted by atomic mass is 16.5. The summed E-state index contributed by atoms with van der Waals surface area (Å²) >= 11 is 0.